The molecule has 6 nitrogen and oxygen atoms in total. The minimum atomic E-state index is -0.527. The van der Waals surface area contributed by atoms with Gasteiger partial charge in [-0.25, -0.2) is 4.79 Å². The van der Waals surface area contributed by atoms with Crippen LogP contribution in [-0.2, 0) is 0 Å². The van der Waals surface area contributed by atoms with Crippen molar-refractivity contribution < 1.29 is 19.0 Å². The fraction of sp³-hybridized carbons (Fsp3) is 0.214. The van der Waals surface area contributed by atoms with Gasteiger partial charge in [0.2, 0.25) is 5.88 Å². The first-order chi connectivity index (χ1) is 17.0. The Balaban J connectivity index is 1.65. The van der Waals surface area contributed by atoms with Crippen LogP contribution in [0.2, 0.25) is 5.02 Å². The Hall–Kier alpha value is -3.95. The molecule has 0 bridgehead atoms. The molecular weight excluding hydrogens is 464 g/mol. The zero-order valence-electron chi connectivity index (χ0n) is 19.3. The van der Waals surface area contributed by atoms with Crippen LogP contribution in [0.4, 0.5) is 0 Å². The van der Waals surface area contributed by atoms with E-state index in [1.807, 2.05) is 24.3 Å². The number of hydrogen-bond donors (Lipinski definition) is 1. The lowest BCUT2D eigenvalue weighted by Crippen LogP contribution is -2.21. The number of fused-ring (bicyclic) bond motifs is 1. The molecule has 0 saturated carbocycles. The predicted molar refractivity (Wildman–Crippen MR) is 134 cm³/mol. The average Bonchev–Trinajstić information content (AvgIpc) is 2.86. The van der Waals surface area contributed by atoms with E-state index in [-0.39, 0.29) is 5.88 Å². The summed E-state index contributed by atoms with van der Waals surface area (Å²) in [5.41, 5.74) is 8.37. The van der Waals surface area contributed by atoms with E-state index in [2.05, 4.69) is 13.0 Å². The lowest BCUT2D eigenvalue weighted by molar-refractivity contribution is 0.0734. The van der Waals surface area contributed by atoms with Gasteiger partial charge in [-0.1, -0.05) is 55.6 Å². The molecule has 0 radical (unpaired) electrons. The molecule has 1 atom stereocenters. The van der Waals surface area contributed by atoms with Gasteiger partial charge in [0.05, 0.1) is 18.1 Å². The van der Waals surface area contributed by atoms with E-state index >= 15 is 0 Å². The van der Waals surface area contributed by atoms with Crippen molar-refractivity contribution in [1.82, 2.24) is 0 Å². The third kappa shape index (κ3) is 5.42. The number of benzene rings is 3. The van der Waals surface area contributed by atoms with Crippen molar-refractivity contribution in [1.29, 1.82) is 5.26 Å². The van der Waals surface area contributed by atoms with Crippen LogP contribution >= 0.6 is 11.6 Å². The molecule has 7 heteroatoms. The highest BCUT2D eigenvalue weighted by Crippen LogP contribution is 2.46. The fourth-order valence-corrected chi connectivity index (χ4v) is 4.08. The van der Waals surface area contributed by atoms with E-state index in [4.69, 9.17) is 31.5 Å². The first-order valence-electron chi connectivity index (χ1n) is 11.4. The molecule has 178 valence electrons. The zero-order chi connectivity index (χ0) is 24.8. The predicted octanol–water partition coefficient (Wildman–Crippen LogP) is 6.35. The molecule has 0 aliphatic carbocycles. The molecule has 3 aromatic rings. The molecule has 1 aliphatic rings. The summed E-state index contributed by atoms with van der Waals surface area (Å²) in [5, 5.41) is 10.4. The van der Waals surface area contributed by atoms with E-state index in [0.717, 1.165) is 30.4 Å². The molecule has 1 aliphatic heterocycles. The monoisotopic (exact) mass is 488 g/mol. The molecule has 0 aromatic heterocycles. The zero-order valence-corrected chi connectivity index (χ0v) is 20.0. The number of esters is 1. The van der Waals surface area contributed by atoms with Crippen molar-refractivity contribution in [3.8, 4) is 23.3 Å². The standard InChI is InChI=1S/C28H25ClN2O4/c1-2-3-6-15-33-24-8-5-4-7-21(24)26-22-14-13-20(16-25(22)35-27(31)23(26)17-30)34-28(32)18-9-11-19(29)12-10-18/h4-5,7-14,16,26H,2-3,6,15,31H2,1H3. The van der Waals surface area contributed by atoms with Gasteiger partial charge in [-0.2, -0.15) is 5.26 Å². The van der Waals surface area contributed by atoms with E-state index in [1.54, 1.807) is 42.5 Å². The van der Waals surface area contributed by atoms with Gasteiger partial charge in [-0.15, -0.1) is 0 Å². The number of nitrogens with two attached hydrogens (primary N) is 1. The number of halogens is 1. The Labute approximate surface area is 209 Å². The Morgan fingerprint density at radius 2 is 1.86 bits per heavy atom. The quantitative estimate of drug-likeness (QED) is 0.225. The van der Waals surface area contributed by atoms with Crippen molar-refractivity contribution in [2.75, 3.05) is 6.61 Å². The number of ether oxygens (including phenoxy) is 3. The molecule has 1 heterocycles. The molecule has 0 fully saturated rings. The minimum absolute atomic E-state index is 0.00645. The average molecular weight is 489 g/mol. The third-order valence-electron chi connectivity index (χ3n) is 5.72. The van der Waals surface area contributed by atoms with Crippen LogP contribution in [0, 0.1) is 11.3 Å². The maximum atomic E-state index is 12.5. The van der Waals surface area contributed by atoms with Crippen molar-refractivity contribution in [3.05, 3.63) is 99.9 Å². The maximum absolute atomic E-state index is 12.5. The van der Waals surface area contributed by atoms with Gasteiger partial charge >= 0.3 is 5.97 Å². The molecule has 1 unspecified atom stereocenters. The number of para-hydroxylation sites is 1. The summed E-state index contributed by atoms with van der Waals surface area (Å²) in [6.45, 7) is 2.72. The number of allylic oxidation sites excluding steroid dienone is 1. The van der Waals surface area contributed by atoms with Crippen molar-refractivity contribution in [2.24, 2.45) is 5.73 Å². The van der Waals surface area contributed by atoms with Crippen LogP contribution in [0.25, 0.3) is 0 Å². The molecule has 4 rings (SSSR count). The van der Waals surface area contributed by atoms with Crippen LogP contribution in [0.15, 0.2) is 78.2 Å². The number of nitrogens with zero attached hydrogens (tertiary/aromatic N) is 1. The van der Waals surface area contributed by atoms with Gasteiger partial charge in [0.1, 0.15) is 28.9 Å². The summed E-state index contributed by atoms with van der Waals surface area (Å²) in [7, 11) is 0. The van der Waals surface area contributed by atoms with E-state index in [9.17, 15) is 10.1 Å². The van der Waals surface area contributed by atoms with Crippen LogP contribution in [-0.4, -0.2) is 12.6 Å². The lowest BCUT2D eigenvalue weighted by Gasteiger charge is -2.28. The Morgan fingerprint density at radius 3 is 2.60 bits per heavy atom. The van der Waals surface area contributed by atoms with Gasteiger partial charge in [0.25, 0.3) is 0 Å². The summed E-state index contributed by atoms with van der Waals surface area (Å²) >= 11 is 5.89. The highest BCUT2D eigenvalue weighted by molar-refractivity contribution is 6.30. The van der Waals surface area contributed by atoms with Crippen LogP contribution in [0.1, 0.15) is 53.6 Å². The van der Waals surface area contributed by atoms with Gasteiger partial charge in [0, 0.05) is 22.2 Å². The molecule has 0 saturated heterocycles. The van der Waals surface area contributed by atoms with E-state index in [1.165, 1.54) is 0 Å². The van der Waals surface area contributed by atoms with Crippen molar-refractivity contribution in [3.63, 3.8) is 0 Å². The van der Waals surface area contributed by atoms with Crippen LogP contribution in [0.5, 0.6) is 17.2 Å². The minimum Gasteiger partial charge on any atom is -0.493 e. The van der Waals surface area contributed by atoms with E-state index in [0.29, 0.717) is 40.0 Å². The first kappa shape index (κ1) is 24.2. The van der Waals surface area contributed by atoms with Crippen molar-refractivity contribution >= 4 is 17.6 Å². The van der Waals surface area contributed by atoms with Crippen LogP contribution < -0.4 is 19.9 Å². The van der Waals surface area contributed by atoms with Gasteiger partial charge in [0.15, 0.2) is 0 Å². The highest BCUT2D eigenvalue weighted by Gasteiger charge is 2.33. The summed E-state index contributed by atoms with van der Waals surface area (Å²) in [6, 6.07) is 21.3. The van der Waals surface area contributed by atoms with Crippen molar-refractivity contribution in [2.45, 2.75) is 32.1 Å². The van der Waals surface area contributed by atoms with Crippen LogP contribution in [0.3, 0.4) is 0 Å². The maximum Gasteiger partial charge on any atom is 0.343 e. The Morgan fingerprint density at radius 1 is 1.09 bits per heavy atom. The normalized spacial score (nSPS) is 14.5. The number of hydrogen-bond acceptors (Lipinski definition) is 6. The molecular formula is C28H25ClN2O4. The summed E-state index contributed by atoms with van der Waals surface area (Å²) < 4.78 is 17.4. The third-order valence-corrected chi connectivity index (χ3v) is 5.97. The SMILES string of the molecule is CCCCCOc1ccccc1C1C(C#N)=C(N)Oc2cc(OC(=O)c3ccc(Cl)cc3)ccc21. The second-order valence-corrected chi connectivity index (χ2v) is 8.55. The van der Waals surface area contributed by atoms with Gasteiger partial charge in [-0.05, 0) is 42.8 Å². The second-order valence-electron chi connectivity index (χ2n) is 8.11. The fourth-order valence-electron chi connectivity index (χ4n) is 3.96. The molecule has 2 N–H and O–H groups in total. The highest BCUT2D eigenvalue weighted by atomic mass is 35.5. The van der Waals surface area contributed by atoms with Gasteiger partial charge in [-0.3, -0.25) is 0 Å². The summed E-state index contributed by atoms with van der Waals surface area (Å²) in [4.78, 5) is 12.5. The molecule has 0 amide bonds. The Bertz CT molecular complexity index is 1300. The lowest BCUT2D eigenvalue weighted by atomic mass is 9.83. The number of rotatable bonds is 8. The molecule has 35 heavy (non-hydrogen) atoms. The second kappa shape index (κ2) is 11.0. The number of carbonyl (C=O) groups is 1. The molecule has 3 aromatic carbocycles. The topological polar surface area (TPSA) is 94.6 Å². The smallest absolute Gasteiger partial charge is 0.343 e. The first-order valence-corrected chi connectivity index (χ1v) is 11.8. The van der Waals surface area contributed by atoms with E-state index < -0.39 is 11.9 Å². The number of unbranched alkanes of at least 4 members (excludes halogenated alkanes) is 2. The summed E-state index contributed by atoms with van der Waals surface area (Å²) in [6.07, 6.45) is 3.12. The number of carbonyl (C=O) groups excluding carboxylic acids is 1. The van der Waals surface area contributed by atoms with Gasteiger partial charge < -0.3 is 19.9 Å². The largest absolute Gasteiger partial charge is 0.493 e. The number of nitriles is 1. The Kier molecular flexibility index (Phi) is 7.59. The molecule has 0 spiro atoms. The summed E-state index contributed by atoms with van der Waals surface area (Å²) in [5.74, 6) is 0.397.